The number of anilines is 1. The molecule has 0 bridgehead atoms. The third kappa shape index (κ3) is 4.25. The average Bonchev–Trinajstić information content (AvgIpc) is 3.26. The van der Waals surface area contributed by atoms with E-state index in [4.69, 9.17) is 28.9 Å². The molecule has 5 rings (SSSR count). The average molecular weight is 433 g/mol. The molecule has 1 aliphatic rings. The molecule has 0 spiro atoms. The second kappa shape index (κ2) is 8.89. The molecule has 4 heterocycles. The number of aromatic hydroxyl groups is 1. The number of benzene rings is 1. The van der Waals surface area contributed by atoms with Crippen molar-refractivity contribution >= 4 is 16.9 Å². The van der Waals surface area contributed by atoms with Crippen molar-refractivity contribution in [3.63, 3.8) is 0 Å². The Hall–Kier alpha value is -3.56. The van der Waals surface area contributed by atoms with E-state index in [0.717, 1.165) is 46.8 Å². The van der Waals surface area contributed by atoms with Crippen molar-refractivity contribution < 1.29 is 19.1 Å². The van der Waals surface area contributed by atoms with Gasteiger partial charge in [0.25, 0.3) is 0 Å². The van der Waals surface area contributed by atoms with Gasteiger partial charge in [-0.3, -0.25) is 4.98 Å². The number of phenols is 1. The Bertz CT molecular complexity index is 1240. The van der Waals surface area contributed by atoms with Crippen molar-refractivity contribution in [1.29, 1.82) is 0 Å². The number of aromatic nitrogens is 4. The smallest absolute Gasteiger partial charge is 0.162 e. The summed E-state index contributed by atoms with van der Waals surface area (Å²) in [4.78, 5) is 16.5. The third-order valence-electron chi connectivity index (χ3n) is 5.27. The van der Waals surface area contributed by atoms with E-state index in [9.17, 15) is 5.11 Å². The van der Waals surface area contributed by atoms with E-state index in [0.29, 0.717) is 37.8 Å². The summed E-state index contributed by atoms with van der Waals surface area (Å²) in [6.07, 6.45) is 2.39. The SMILES string of the molecule is COCc1cc(Cc2cnc3c(N4CCOCC4)nc(-c4cccc(O)c4)nc3c2)no1. The van der Waals surface area contributed by atoms with Gasteiger partial charge >= 0.3 is 0 Å². The standard InChI is InChI=1S/C23H23N5O4/c1-30-14-19-12-17(27-32-19)9-15-10-20-21(24-13-15)23(28-5-7-31-8-6-28)26-22(25-20)16-3-2-4-18(29)11-16/h2-4,10-13,29H,5-9,14H2,1H3. The molecule has 1 saturated heterocycles. The van der Waals surface area contributed by atoms with Gasteiger partial charge in [0, 0.05) is 44.4 Å². The van der Waals surface area contributed by atoms with Gasteiger partial charge < -0.3 is 24.0 Å². The monoisotopic (exact) mass is 433 g/mol. The van der Waals surface area contributed by atoms with Crippen molar-refractivity contribution in [3.8, 4) is 17.1 Å². The van der Waals surface area contributed by atoms with Crippen LogP contribution < -0.4 is 4.90 Å². The summed E-state index contributed by atoms with van der Waals surface area (Å²) in [5.74, 6) is 2.16. The van der Waals surface area contributed by atoms with E-state index in [2.05, 4.69) is 10.1 Å². The van der Waals surface area contributed by atoms with Gasteiger partial charge in [-0.05, 0) is 23.8 Å². The number of hydrogen-bond acceptors (Lipinski definition) is 9. The van der Waals surface area contributed by atoms with Crippen LogP contribution in [-0.2, 0) is 22.5 Å². The van der Waals surface area contributed by atoms with Crippen LogP contribution in [0.4, 0.5) is 5.82 Å². The highest BCUT2D eigenvalue weighted by molar-refractivity contribution is 5.88. The second-order valence-electron chi connectivity index (χ2n) is 7.63. The van der Waals surface area contributed by atoms with Gasteiger partial charge in [-0.15, -0.1) is 0 Å². The molecule has 164 valence electrons. The number of fused-ring (bicyclic) bond motifs is 1. The van der Waals surface area contributed by atoms with Gasteiger partial charge in [0.2, 0.25) is 0 Å². The lowest BCUT2D eigenvalue weighted by Gasteiger charge is -2.28. The van der Waals surface area contributed by atoms with E-state index in [1.807, 2.05) is 24.4 Å². The zero-order valence-electron chi connectivity index (χ0n) is 17.7. The molecule has 0 saturated carbocycles. The lowest BCUT2D eigenvalue weighted by Crippen LogP contribution is -2.37. The predicted octanol–water partition coefficient (Wildman–Crippen LogP) is 2.96. The number of morpholine rings is 1. The summed E-state index contributed by atoms with van der Waals surface area (Å²) in [6.45, 7) is 3.13. The quantitative estimate of drug-likeness (QED) is 0.491. The van der Waals surface area contributed by atoms with E-state index in [1.165, 1.54) is 0 Å². The maximum atomic E-state index is 9.93. The van der Waals surface area contributed by atoms with Crippen molar-refractivity contribution in [1.82, 2.24) is 20.1 Å². The van der Waals surface area contributed by atoms with Crippen LogP contribution in [0, 0.1) is 0 Å². The maximum absolute atomic E-state index is 9.93. The predicted molar refractivity (Wildman–Crippen MR) is 117 cm³/mol. The number of hydrogen-bond donors (Lipinski definition) is 1. The van der Waals surface area contributed by atoms with Crippen molar-refractivity contribution in [2.75, 3.05) is 38.3 Å². The maximum Gasteiger partial charge on any atom is 0.162 e. The Morgan fingerprint density at radius 1 is 1.12 bits per heavy atom. The minimum absolute atomic E-state index is 0.170. The van der Waals surface area contributed by atoms with Crippen LogP contribution in [-0.4, -0.2) is 58.6 Å². The number of rotatable bonds is 6. The zero-order chi connectivity index (χ0) is 21.9. The molecule has 0 amide bonds. The van der Waals surface area contributed by atoms with Crippen LogP contribution in [0.25, 0.3) is 22.4 Å². The fourth-order valence-electron chi connectivity index (χ4n) is 3.77. The van der Waals surface area contributed by atoms with Crippen LogP contribution >= 0.6 is 0 Å². The van der Waals surface area contributed by atoms with Crippen LogP contribution in [0.5, 0.6) is 5.75 Å². The van der Waals surface area contributed by atoms with Gasteiger partial charge in [-0.25, -0.2) is 9.97 Å². The first kappa shape index (κ1) is 20.3. The lowest BCUT2D eigenvalue weighted by atomic mass is 10.1. The van der Waals surface area contributed by atoms with Crippen molar-refractivity contribution in [2.24, 2.45) is 0 Å². The molecular formula is C23H23N5O4. The van der Waals surface area contributed by atoms with Crippen LogP contribution in [0.15, 0.2) is 47.1 Å². The first-order chi connectivity index (χ1) is 15.7. The second-order valence-corrected chi connectivity index (χ2v) is 7.63. The van der Waals surface area contributed by atoms with Gasteiger partial charge in [0.1, 0.15) is 17.9 Å². The Balaban J connectivity index is 1.56. The zero-order valence-corrected chi connectivity index (χ0v) is 17.7. The molecule has 0 radical (unpaired) electrons. The Kier molecular flexibility index (Phi) is 5.66. The number of ether oxygens (including phenoxy) is 2. The molecule has 32 heavy (non-hydrogen) atoms. The molecule has 0 unspecified atom stereocenters. The minimum atomic E-state index is 0.170. The summed E-state index contributed by atoms with van der Waals surface area (Å²) in [6, 6.07) is 10.8. The van der Waals surface area contributed by atoms with Crippen molar-refractivity contribution in [3.05, 3.63) is 59.6 Å². The fraction of sp³-hybridized carbons (Fsp3) is 0.304. The molecule has 4 aromatic rings. The largest absolute Gasteiger partial charge is 0.508 e. The molecule has 9 heteroatoms. The molecule has 9 nitrogen and oxygen atoms in total. The molecule has 0 aliphatic carbocycles. The molecular weight excluding hydrogens is 410 g/mol. The van der Waals surface area contributed by atoms with Gasteiger partial charge in [-0.1, -0.05) is 17.3 Å². The number of nitrogens with zero attached hydrogens (tertiary/aromatic N) is 5. The highest BCUT2D eigenvalue weighted by atomic mass is 16.5. The van der Waals surface area contributed by atoms with Crippen LogP contribution in [0.1, 0.15) is 17.0 Å². The number of methoxy groups -OCH3 is 1. The molecule has 3 aromatic heterocycles. The Labute approximate surface area is 184 Å². The van der Waals surface area contributed by atoms with Crippen molar-refractivity contribution in [2.45, 2.75) is 13.0 Å². The number of pyridine rings is 1. The highest BCUT2D eigenvalue weighted by Crippen LogP contribution is 2.29. The summed E-state index contributed by atoms with van der Waals surface area (Å²) in [5, 5.41) is 14.0. The van der Waals surface area contributed by atoms with E-state index < -0.39 is 0 Å². The Morgan fingerprint density at radius 3 is 2.81 bits per heavy atom. The Morgan fingerprint density at radius 2 is 2.00 bits per heavy atom. The van der Waals surface area contributed by atoms with E-state index >= 15 is 0 Å². The molecule has 0 atom stereocenters. The highest BCUT2D eigenvalue weighted by Gasteiger charge is 2.19. The van der Waals surface area contributed by atoms with Crippen LogP contribution in [0.3, 0.4) is 0 Å². The lowest BCUT2D eigenvalue weighted by molar-refractivity contribution is 0.122. The van der Waals surface area contributed by atoms with Gasteiger partial charge in [0.15, 0.2) is 17.4 Å². The third-order valence-corrected chi connectivity index (χ3v) is 5.27. The molecule has 1 aromatic carbocycles. The molecule has 1 N–H and O–H groups in total. The fourth-order valence-corrected chi connectivity index (χ4v) is 3.77. The van der Waals surface area contributed by atoms with E-state index in [1.54, 1.807) is 25.3 Å². The normalized spacial score (nSPS) is 14.2. The summed E-state index contributed by atoms with van der Waals surface area (Å²) >= 11 is 0. The molecule has 1 fully saturated rings. The molecule has 1 aliphatic heterocycles. The van der Waals surface area contributed by atoms with E-state index in [-0.39, 0.29) is 5.75 Å². The van der Waals surface area contributed by atoms with Gasteiger partial charge in [-0.2, -0.15) is 0 Å². The first-order valence-electron chi connectivity index (χ1n) is 10.4. The first-order valence-corrected chi connectivity index (χ1v) is 10.4. The number of phenolic OH excluding ortho intramolecular Hbond substituents is 1. The van der Waals surface area contributed by atoms with Gasteiger partial charge in [0.05, 0.1) is 24.4 Å². The minimum Gasteiger partial charge on any atom is -0.508 e. The summed E-state index contributed by atoms with van der Waals surface area (Å²) < 4.78 is 15.9. The topological polar surface area (TPSA) is 107 Å². The van der Waals surface area contributed by atoms with Crippen LogP contribution in [0.2, 0.25) is 0 Å². The summed E-state index contributed by atoms with van der Waals surface area (Å²) in [5.41, 5.74) is 3.97. The summed E-state index contributed by atoms with van der Waals surface area (Å²) in [7, 11) is 1.62.